The summed E-state index contributed by atoms with van der Waals surface area (Å²) >= 11 is 0. The number of esters is 1. The minimum absolute atomic E-state index is 0.0223. The molecular weight excluding hydrogens is 224 g/mol. The molecule has 2 amide bonds. The van der Waals surface area contributed by atoms with Gasteiger partial charge in [-0.05, 0) is 12.8 Å². The summed E-state index contributed by atoms with van der Waals surface area (Å²) < 4.78 is 4.69. The summed E-state index contributed by atoms with van der Waals surface area (Å²) in [5, 5.41) is 5.27. The van der Waals surface area contributed by atoms with Crippen LogP contribution in [0.1, 0.15) is 19.3 Å². The van der Waals surface area contributed by atoms with Crippen LogP contribution in [0.5, 0.6) is 0 Å². The lowest BCUT2D eigenvalue weighted by atomic mass is 9.94. The second-order valence-corrected chi connectivity index (χ2v) is 4.08. The Hall–Kier alpha value is -1.85. The number of rotatable bonds is 2. The molecule has 0 bridgehead atoms. The maximum Gasteiger partial charge on any atom is 0.336 e. The fourth-order valence-corrected chi connectivity index (χ4v) is 2.20. The van der Waals surface area contributed by atoms with Crippen LogP contribution in [-0.2, 0) is 19.1 Å². The van der Waals surface area contributed by atoms with Crippen molar-refractivity contribution in [2.24, 2.45) is 5.92 Å². The largest absolute Gasteiger partial charge is 0.466 e. The third-order valence-electron chi connectivity index (χ3n) is 2.99. The van der Waals surface area contributed by atoms with Gasteiger partial charge in [0.15, 0.2) is 0 Å². The summed E-state index contributed by atoms with van der Waals surface area (Å²) in [6, 6.07) is 0. The van der Waals surface area contributed by atoms with Gasteiger partial charge in [0.05, 0.1) is 18.6 Å². The highest BCUT2D eigenvalue weighted by atomic mass is 16.5. The van der Waals surface area contributed by atoms with E-state index < -0.39 is 17.8 Å². The smallest absolute Gasteiger partial charge is 0.336 e. The fraction of sp³-hybridized carbons (Fsp3) is 0.545. The molecule has 1 unspecified atom stereocenters. The van der Waals surface area contributed by atoms with Crippen molar-refractivity contribution in [2.45, 2.75) is 19.3 Å². The number of imide groups is 1. The molecule has 0 radical (unpaired) electrons. The van der Waals surface area contributed by atoms with E-state index >= 15 is 0 Å². The van der Waals surface area contributed by atoms with E-state index in [2.05, 4.69) is 10.6 Å². The van der Waals surface area contributed by atoms with Gasteiger partial charge in [-0.1, -0.05) is 0 Å². The van der Waals surface area contributed by atoms with Crippen molar-refractivity contribution >= 4 is 17.8 Å². The van der Waals surface area contributed by atoms with Crippen molar-refractivity contribution in [3.8, 4) is 0 Å². The molecule has 0 aromatic heterocycles. The van der Waals surface area contributed by atoms with Crippen LogP contribution in [0.15, 0.2) is 11.3 Å². The van der Waals surface area contributed by atoms with Gasteiger partial charge in [-0.15, -0.1) is 0 Å². The number of amides is 2. The van der Waals surface area contributed by atoms with Crippen LogP contribution in [0.4, 0.5) is 0 Å². The Balaban J connectivity index is 2.34. The van der Waals surface area contributed by atoms with E-state index in [4.69, 9.17) is 4.74 Å². The number of carbonyl (C=O) groups is 3. The van der Waals surface area contributed by atoms with Crippen LogP contribution in [0.3, 0.4) is 0 Å². The van der Waals surface area contributed by atoms with Gasteiger partial charge in [-0.2, -0.15) is 0 Å². The van der Waals surface area contributed by atoms with E-state index in [1.165, 1.54) is 7.11 Å². The lowest BCUT2D eigenvalue weighted by molar-refractivity contribution is -0.138. The van der Waals surface area contributed by atoms with Gasteiger partial charge in [0.2, 0.25) is 11.8 Å². The van der Waals surface area contributed by atoms with Crippen LogP contribution >= 0.6 is 0 Å². The van der Waals surface area contributed by atoms with Crippen molar-refractivity contribution < 1.29 is 19.1 Å². The van der Waals surface area contributed by atoms with Gasteiger partial charge in [-0.25, -0.2) is 4.79 Å². The first-order valence-corrected chi connectivity index (χ1v) is 5.52. The number of nitrogens with one attached hydrogen (secondary N) is 2. The summed E-state index contributed by atoms with van der Waals surface area (Å²) in [5.41, 5.74) is 1.03. The second-order valence-electron chi connectivity index (χ2n) is 4.08. The number of hydrogen-bond donors (Lipinski definition) is 2. The topological polar surface area (TPSA) is 84.5 Å². The Bertz CT molecular complexity index is 406. The highest BCUT2D eigenvalue weighted by Crippen LogP contribution is 2.27. The number of methoxy groups -OCH3 is 1. The first-order chi connectivity index (χ1) is 8.13. The summed E-state index contributed by atoms with van der Waals surface area (Å²) in [4.78, 5) is 34.5. The zero-order valence-corrected chi connectivity index (χ0v) is 9.54. The third-order valence-corrected chi connectivity index (χ3v) is 2.99. The van der Waals surface area contributed by atoms with E-state index in [9.17, 15) is 14.4 Å². The van der Waals surface area contributed by atoms with E-state index in [1.807, 2.05) is 0 Å². The summed E-state index contributed by atoms with van der Waals surface area (Å²) in [5.74, 6) is -2.02. The van der Waals surface area contributed by atoms with Crippen LogP contribution in [0.2, 0.25) is 0 Å². The Kier molecular flexibility index (Phi) is 3.12. The average molecular weight is 238 g/mol. The molecule has 2 heterocycles. The monoisotopic (exact) mass is 238 g/mol. The lowest BCUT2D eigenvalue weighted by Gasteiger charge is -2.13. The van der Waals surface area contributed by atoms with Crippen LogP contribution in [-0.4, -0.2) is 31.4 Å². The highest BCUT2D eigenvalue weighted by molar-refractivity contribution is 6.09. The molecule has 2 aliphatic heterocycles. The minimum atomic E-state index is -0.712. The third kappa shape index (κ3) is 2.15. The van der Waals surface area contributed by atoms with Gasteiger partial charge in [0.25, 0.3) is 0 Å². The zero-order valence-electron chi connectivity index (χ0n) is 9.54. The average Bonchev–Trinajstić information content (AvgIpc) is 2.90. The first-order valence-electron chi connectivity index (χ1n) is 5.52. The van der Waals surface area contributed by atoms with E-state index in [-0.39, 0.29) is 12.3 Å². The lowest BCUT2D eigenvalue weighted by Crippen LogP contribution is -2.27. The highest BCUT2D eigenvalue weighted by Gasteiger charge is 2.39. The summed E-state index contributed by atoms with van der Waals surface area (Å²) in [7, 11) is 1.27. The minimum Gasteiger partial charge on any atom is -0.466 e. The Morgan fingerprint density at radius 1 is 1.41 bits per heavy atom. The van der Waals surface area contributed by atoms with Crippen molar-refractivity contribution in [2.75, 3.05) is 13.7 Å². The molecule has 1 atom stereocenters. The molecule has 0 saturated carbocycles. The Labute approximate surface area is 98.4 Å². The quantitative estimate of drug-likeness (QED) is 0.383. The number of ether oxygens (including phenoxy) is 1. The van der Waals surface area contributed by atoms with Crippen molar-refractivity contribution in [3.05, 3.63) is 11.3 Å². The second kappa shape index (κ2) is 4.57. The van der Waals surface area contributed by atoms with E-state index in [1.54, 1.807) is 0 Å². The molecule has 2 fully saturated rings. The molecule has 0 aromatic rings. The van der Waals surface area contributed by atoms with Crippen LogP contribution in [0, 0.1) is 5.92 Å². The number of carbonyl (C=O) groups excluding carboxylic acids is 3. The molecule has 0 spiro atoms. The normalized spacial score (nSPS) is 26.5. The van der Waals surface area contributed by atoms with Crippen LogP contribution in [0.25, 0.3) is 0 Å². The molecule has 2 saturated heterocycles. The maximum atomic E-state index is 11.7. The standard InChI is InChI=1S/C11H14N2O4/c1-17-11(16)9(7-3-2-4-12-7)6-5-8(14)13-10(6)15/h6,12H,2-5H2,1H3,(H,13,14,15)/b9-7+. The Morgan fingerprint density at radius 2 is 2.18 bits per heavy atom. The van der Waals surface area contributed by atoms with Crippen LogP contribution < -0.4 is 10.6 Å². The zero-order chi connectivity index (χ0) is 12.4. The van der Waals surface area contributed by atoms with Crippen molar-refractivity contribution in [1.29, 1.82) is 0 Å². The summed E-state index contributed by atoms with van der Waals surface area (Å²) in [6.07, 6.45) is 1.65. The maximum absolute atomic E-state index is 11.7. The van der Waals surface area contributed by atoms with Crippen molar-refractivity contribution in [1.82, 2.24) is 10.6 Å². The molecule has 6 nitrogen and oxygen atoms in total. The molecule has 2 rings (SSSR count). The Morgan fingerprint density at radius 3 is 2.65 bits per heavy atom. The van der Waals surface area contributed by atoms with Gasteiger partial charge < -0.3 is 10.1 Å². The molecule has 92 valence electrons. The SMILES string of the molecule is COC(=O)/C(=C1\CCCN1)C1CC(=O)NC1=O. The van der Waals surface area contributed by atoms with Gasteiger partial charge in [0, 0.05) is 18.7 Å². The molecule has 0 aliphatic carbocycles. The summed E-state index contributed by atoms with van der Waals surface area (Å²) in [6.45, 7) is 0.776. The molecule has 2 N–H and O–H groups in total. The molecule has 6 heteroatoms. The molecular formula is C11H14N2O4. The first kappa shape index (κ1) is 11.6. The number of allylic oxidation sites excluding steroid dienone is 1. The van der Waals surface area contributed by atoms with Gasteiger partial charge >= 0.3 is 5.97 Å². The fourth-order valence-electron chi connectivity index (χ4n) is 2.20. The molecule has 0 aromatic carbocycles. The van der Waals surface area contributed by atoms with E-state index in [0.717, 1.165) is 18.7 Å². The predicted molar refractivity (Wildman–Crippen MR) is 57.5 cm³/mol. The molecule has 17 heavy (non-hydrogen) atoms. The van der Waals surface area contributed by atoms with Gasteiger partial charge in [0.1, 0.15) is 0 Å². The number of hydrogen-bond acceptors (Lipinski definition) is 5. The van der Waals surface area contributed by atoms with Crippen molar-refractivity contribution in [3.63, 3.8) is 0 Å². The van der Waals surface area contributed by atoms with E-state index in [0.29, 0.717) is 12.0 Å². The predicted octanol–water partition coefficient (Wildman–Crippen LogP) is -0.540. The van der Waals surface area contributed by atoms with Gasteiger partial charge in [-0.3, -0.25) is 14.9 Å². The molecule has 2 aliphatic rings.